The molecule has 0 unspecified atom stereocenters. The van der Waals surface area contributed by atoms with Crippen molar-refractivity contribution in [1.29, 1.82) is 5.26 Å². The van der Waals surface area contributed by atoms with Gasteiger partial charge in [0.1, 0.15) is 16.2 Å². The van der Waals surface area contributed by atoms with Gasteiger partial charge >= 0.3 is 0 Å². The molecule has 0 radical (unpaired) electrons. The molecule has 1 aliphatic carbocycles. The molecule has 1 saturated carbocycles. The average molecular weight is 531 g/mol. The lowest BCUT2D eigenvalue weighted by Gasteiger charge is -2.34. The summed E-state index contributed by atoms with van der Waals surface area (Å²) in [5, 5.41) is 13.8. The third-order valence-corrected chi connectivity index (χ3v) is 8.89. The molecule has 0 atom stereocenters. The van der Waals surface area contributed by atoms with Gasteiger partial charge in [-0.1, -0.05) is 0 Å². The third-order valence-electron chi connectivity index (χ3n) is 6.88. The van der Waals surface area contributed by atoms with E-state index in [9.17, 15) is 5.26 Å². The number of methoxy groups -OCH3 is 1. The topological polar surface area (TPSA) is 103 Å². The molecule has 3 aromatic heterocycles. The van der Waals surface area contributed by atoms with Crippen LogP contribution in [0.25, 0.3) is 21.0 Å². The van der Waals surface area contributed by atoms with Crippen molar-refractivity contribution < 1.29 is 4.74 Å². The molecule has 9 nitrogen and oxygen atoms in total. The second kappa shape index (κ2) is 9.70. The highest BCUT2D eigenvalue weighted by molar-refractivity contribution is 7.15. The number of nitrogens with one attached hydrogen (secondary N) is 1. The lowest BCUT2D eigenvalue weighted by atomic mass is 10.1. The van der Waals surface area contributed by atoms with Gasteiger partial charge in [-0.25, -0.2) is 15.0 Å². The summed E-state index contributed by atoms with van der Waals surface area (Å²) in [4.78, 5) is 24.9. The van der Waals surface area contributed by atoms with Crippen molar-refractivity contribution in [2.75, 3.05) is 50.6 Å². The molecule has 6 rings (SSSR count). The van der Waals surface area contributed by atoms with E-state index in [1.165, 1.54) is 11.3 Å². The molecule has 2 fully saturated rings. The summed E-state index contributed by atoms with van der Waals surface area (Å²) < 4.78 is 5.74. The molecule has 11 heteroatoms. The Kier molecular flexibility index (Phi) is 6.24. The number of likely N-dealkylation sites (N-methyl/N-ethyl adjacent to an activating group) is 1. The first-order valence-corrected chi connectivity index (χ1v) is 13.8. The minimum Gasteiger partial charge on any atom is -0.495 e. The van der Waals surface area contributed by atoms with Gasteiger partial charge in [0, 0.05) is 62.1 Å². The number of ether oxygens (including phenoxy) is 1. The minimum absolute atomic E-state index is 0.427. The van der Waals surface area contributed by atoms with Crippen LogP contribution in [0.5, 0.6) is 5.75 Å². The van der Waals surface area contributed by atoms with Gasteiger partial charge in [0.2, 0.25) is 5.95 Å². The lowest BCUT2D eigenvalue weighted by Crippen LogP contribution is -2.44. The Morgan fingerprint density at radius 3 is 2.62 bits per heavy atom. The Bertz CT molecular complexity index is 1450. The molecule has 4 aromatic rings. The van der Waals surface area contributed by atoms with E-state index in [4.69, 9.17) is 9.72 Å². The van der Waals surface area contributed by atoms with E-state index >= 15 is 0 Å². The molecule has 1 aliphatic heterocycles. The van der Waals surface area contributed by atoms with Crippen molar-refractivity contribution >= 4 is 40.0 Å². The van der Waals surface area contributed by atoms with Gasteiger partial charge in [-0.05, 0) is 32.0 Å². The monoisotopic (exact) mass is 530 g/mol. The van der Waals surface area contributed by atoms with Crippen molar-refractivity contribution in [3.8, 4) is 32.8 Å². The normalized spacial score (nSPS) is 16.8. The van der Waals surface area contributed by atoms with Crippen molar-refractivity contribution in [1.82, 2.24) is 24.8 Å². The summed E-state index contributed by atoms with van der Waals surface area (Å²) in [5.41, 5.74) is 4.98. The van der Waals surface area contributed by atoms with Crippen LogP contribution in [0, 0.1) is 11.3 Å². The molecule has 1 N–H and O–H groups in total. The Morgan fingerprint density at radius 1 is 1.08 bits per heavy atom. The number of nitrogens with zero attached hydrogens (tertiary/aromatic N) is 7. The van der Waals surface area contributed by atoms with Crippen LogP contribution in [0.15, 0.2) is 42.3 Å². The van der Waals surface area contributed by atoms with Crippen LogP contribution in [0.4, 0.5) is 17.3 Å². The Morgan fingerprint density at radius 2 is 1.92 bits per heavy atom. The van der Waals surface area contributed by atoms with Gasteiger partial charge in [0.05, 0.1) is 39.8 Å². The third kappa shape index (κ3) is 4.64. The second-order valence-corrected chi connectivity index (χ2v) is 11.3. The van der Waals surface area contributed by atoms with Crippen LogP contribution in [-0.4, -0.2) is 65.2 Å². The fourth-order valence-electron chi connectivity index (χ4n) is 4.46. The van der Waals surface area contributed by atoms with E-state index < -0.39 is 5.41 Å². The molecule has 0 bridgehead atoms. The van der Waals surface area contributed by atoms with Gasteiger partial charge < -0.3 is 19.9 Å². The fourth-order valence-corrected chi connectivity index (χ4v) is 6.21. The molecule has 0 amide bonds. The summed E-state index contributed by atoms with van der Waals surface area (Å²) in [6.07, 6.45) is 7.19. The summed E-state index contributed by atoms with van der Waals surface area (Å²) in [7, 11) is 3.85. The number of rotatable bonds is 7. The van der Waals surface area contributed by atoms with E-state index in [1.54, 1.807) is 24.0 Å². The SMILES string of the molecule is COc1cc(Nc2ncc(-c3cncs3)c(-c3cnc(C4(C#N)CC4)s3)n2)ccc1N1CCN(C)CC1. The van der Waals surface area contributed by atoms with Crippen LogP contribution >= 0.6 is 22.7 Å². The molecule has 4 heterocycles. The van der Waals surface area contributed by atoms with Gasteiger partial charge in [-0.15, -0.1) is 22.7 Å². The first-order chi connectivity index (χ1) is 18.1. The average Bonchev–Trinajstić information content (AvgIpc) is 3.29. The summed E-state index contributed by atoms with van der Waals surface area (Å²) in [5.74, 6) is 1.29. The maximum absolute atomic E-state index is 9.62. The van der Waals surface area contributed by atoms with Crippen LogP contribution < -0.4 is 15.0 Å². The predicted molar refractivity (Wildman–Crippen MR) is 147 cm³/mol. The van der Waals surface area contributed by atoms with Crippen LogP contribution in [0.2, 0.25) is 0 Å². The second-order valence-electron chi connectivity index (χ2n) is 9.35. The molecule has 37 heavy (non-hydrogen) atoms. The van der Waals surface area contributed by atoms with Crippen LogP contribution in [-0.2, 0) is 5.41 Å². The van der Waals surface area contributed by atoms with Gasteiger partial charge in [-0.2, -0.15) is 5.26 Å². The first kappa shape index (κ1) is 23.8. The number of nitriles is 1. The zero-order chi connectivity index (χ0) is 25.4. The van der Waals surface area contributed by atoms with Crippen molar-refractivity contribution in [3.05, 3.63) is 47.3 Å². The maximum atomic E-state index is 9.62. The largest absolute Gasteiger partial charge is 0.495 e. The molecule has 1 aromatic carbocycles. The van der Waals surface area contributed by atoms with Crippen LogP contribution in [0.1, 0.15) is 17.8 Å². The van der Waals surface area contributed by atoms with Gasteiger partial charge in [0.25, 0.3) is 0 Å². The zero-order valence-corrected chi connectivity index (χ0v) is 22.3. The van der Waals surface area contributed by atoms with Crippen molar-refractivity contribution in [3.63, 3.8) is 0 Å². The Labute approximate surface area is 223 Å². The number of aromatic nitrogens is 4. The van der Waals surface area contributed by atoms with E-state index in [2.05, 4.69) is 49.3 Å². The van der Waals surface area contributed by atoms with Crippen LogP contribution in [0.3, 0.4) is 0 Å². The Hall–Kier alpha value is -3.59. The van der Waals surface area contributed by atoms with Gasteiger partial charge in [-0.3, -0.25) is 4.98 Å². The highest BCUT2D eigenvalue weighted by atomic mass is 32.1. The first-order valence-electron chi connectivity index (χ1n) is 12.1. The zero-order valence-electron chi connectivity index (χ0n) is 20.6. The highest BCUT2D eigenvalue weighted by Gasteiger charge is 2.47. The van der Waals surface area contributed by atoms with Crippen molar-refractivity contribution in [2.24, 2.45) is 0 Å². The van der Waals surface area contributed by atoms with E-state index in [0.717, 1.165) is 82.2 Å². The molecule has 1 saturated heterocycles. The maximum Gasteiger partial charge on any atom is 0.227 e. The number of anilines is 3. The van der Waals surface area contributed by atoms with E-state index in [-0.39, 0.29) is 0 Å². The number of hydrogen-bond acceptors (Lipinski definition) is 11. The van der Waals surface area contributed by atoms with Gasteiger partial charge in [0.15, 0.2) is 0 Å². The summed E-state index contributed by atoms with van der Waals surface area (Å²) >= 11 is 3.07. The quantitative estimate of drug-likeness (QED) is 0.361. The predicted octanol–water partition coefficient (Wildman–Crippen LogP) is 4.78. The van der Waals surface area contributed by atoms with E-state index in [1.807, 2.05) is 30.7 Å². The lowest BCUT2D eigenvalue weighted by molar-refractivity contribution is 0.311. The summed E-state index contributed by atoms with van der Waals surface area (Å²) in [6.45, 7) is 3.99. The van der Waals surface area contributed by atoms with Crippen molar-refractivity contribution in [2.45, 2.75) is 18.3 Å². The Balaban J connectivity index is 1.31. The number of hydrogen-bond donors (Lipinski definition) is 1. The summed E-state index contributed by atoms with van der Waals surface area (Å²) in [6, 6.07) is 8.55. The number of benzene rings is 1. The number of piperazine rings is 1. The molecular weight excluding hydrogens is 504 g/mol. The molecule has 0 spiro atoms. The smallest absolute Gasteiger partial charge is 0.227 e. The van der Waals surface area contributed by atoms with E-state index in [0.29, 0.717) is 5.95 Å². The number of thiazole rings is 2. The molecule has 2 aliphatic rings. The minimum atomic E-state index is -0.427. The highest BCUT2D eigenvalue weighted by Crippen LogP contribution is 2.50. The molecule has 188 valence electrons. The fraction of sp³-hybridized carbons (Fsp3) is 0.346. The molecular formula is C26H26N8OS2. The standard InChI is InChI=1S/C26H26N8OS2/c1-33-7-9-34(10-8-33)19-4-3-17(11-20(19)35-2)31-25-30-12-18(21-13-28-16-36-21)23(32-25)22-14-29-24(37-22)26(15-27)5-6-26/h3-4,11-14,16H,5-10H2,1-2H3,(H,30,31,32).